The van der Waals surface area contributed by atoms with Crippen molar-refractivity contribution in [3.63, 3.8) is 0 Å². The minimum atomic E-state index is -1.36. The summed E-state index contributed by atoms with van der Waals surface area (Å²) in [6, 6.07) is 15.6. The van der Waals surface area contributed by atoms with Gasteiger partial charge in [0.25, 0.3) is 0 Å². The Kier molecular flexibility index (Phi) is 22.5. The van der Waals surface area contributed by atoms with E-state index in [2.05, 4.69) is 0 Å². The normalized spacial score (nSPS) is 13.2. The van der Waals surface area contributed by atoms with Crippen molar-refractivity contribution in [3.05, 3.63) is 115 Å². The van der Waals surface area contributed by atoms with E-state index in [9.17, 15) is 39.6 Å². The molecule has 0 radical (unpaired) electrons. The highest BCUT2D eigenvalue weighted by molar-refractivity contribution is 5.79. The van der Waals surface area contributed by atoms with Crippen LogP contribution >= 0.6 is 0 Å². The summed E-state index contributed by atoms with van der Waals surface area (Å²) in [5, 5.41) is 45.8. The molecular formula is C74H110O11. The van der Waals surface area contributed by atoms with Crippen LogP contribution in [-0.2, 0) is 102 Å². The molecule has 0 amide bonds. The largest absolute Gasteiger partial charge is 0.507 e. The van der Waals surface area contributed by atoms with E-state index in [0.29, 0.717) is 25.7 Å². The molecule has 0 spiro atoms. The van der Waals surface area contributed by atoms with E-state index < -0.39 is 23.3 Å². The molecule has 0 aliphatic rings. The Morgan fingerprint density at radius 2 is 0.471 bits per heavy atom. The third-order valence-corrected chi connectivity index (χ3v) is 16.2. The van der Waals surface area contributed by atoms with Gasteiger partial charge in [-0.15, -0.1) is 0 Å². The van der Waals surface area contributed by atoms with Crippen LogP contribution in [0.3, 0.4) is 0 Å². The maximum absolute atomic E-state index is 14.3. The van der Waals surface area contributed by atoms with Crippen molar-refractivity contribution in [2.45, 2.75) is 274 Å². The summed E-state index contributed by atoms with van der Waals surface area (Å²) in [4.78, 5) is 56.7. The number of hydrogen-bond donors (Lipinski definition) is 4. The van der Waals surface area contributed by atoms with Gasteiger partial charge in [-0.2, -0.15) is 0 Å². The second-order valence-corrected chi connectivity index (χ2v) is 32.7. The molecule has 4 rings (SSSR count). The number of Topliss-reactive ketones (excluding diaryl/α,β-unsaturated/α-hetero) is 1. The molecule has 0 saturated heterocycles. The van der Waals surface area contributed by atoms with Gasteiger partial charge >= 0.3 is 17.9 Å². The molecule has 0 unspecified atom stereocenters. The molecule has 4 N–H and O–H groups in total. The fraction of sp³-hybridized carbons (Fsp3) is 0.622. The molecule has 0 bridgehead atoms. The van der Waals surface area contributed by atoms with Gasteiger partial charge in [-0.1, -0.05) is 215 Å². The Balaban J connectivity index is 1.76. The molecule has 0 aliphatic carbocycles. The van der Waals surface area contributed by atoms with E-state index in [4.69, 9.17) is 14.2 Å². The van der Waals surface area contributed by atoms with Crippen LogP contribution in [0.15, 0.2) is 48.5 Å². The molecule has 0 saturated carbocycles. The number of carbonyl (C=O) groups is 4. The van der Waals surface area contributed by atoms with Crippen LogP contribution in [0.2, 0.25) is 0 Å². The predicted molar refractivity (Wildman–Crippen MR) is 345 cm³/mol. The topological polar surface area (TPSA) is 177 Å². The molecular weight excluding hydrogens is 1060 g/mol. The van der Waals surface area contributed by atoms with Crippen molar-refractivity contribution in [1.29, 1.82) is 0 Å². The second kappa shape index (κ2) is 26.6. The number of ketones is 1. The average molecular weight is 1180 g/mol. The van der Waals surface area contributed by atoms with E-state index >= 15 is 0 Å². The Morgan fingerprint density at radius 1 is 0.294 bits per heavy atom. The first kappa shape index (κ1) is 71.6. The number of phenolic OH excluding ortho intramolecular Hbond substituents is 4. The fourth-order valence-electron chi connectivity index (χ4n) is 10.7. The number of esters is 3. The Hall–Kier alpha value is -5.84. The zero-order valence-electron chi connectivity index (χ0n) is 57.0. The monoisotopic (exact) mass is 1170 g/mol. The molecule has 11 heteroatoms. The number of hydrogen-bond acceptors (Lipinski definition) is 11. The maximum atomic E-state index is 14.3. The number of aromatic hydroxyl groups is 4. The van der Waals surface area contributed by atoms with E-state index in [1.54, 1.807) is 0 Å². The third-order valence-electron chi connectivity index (χ3n) is 16.2. The first-order valence-electron chi connectivity index (χ1n) is 30.9. The molecule has 0 aromatic heterocycles. The summed E-state index contributed by atoms with van der Waals surface area (Å²) in [6.07, 6.45) is 1.45. The predicted octanol–water partition coefficient (Wildman–Crippen LogP) is 16.7. The van der Waals surface area contributed by atoms with Crippen molar-refractivity contribution in [2.75, 3.05) is 19.8 Å². The molecule has 0 atom stereocenters. The number of carbonyl (C=O) groups excluding carboxylic acids is 4. The Bertz CT molecular complexity index is 2470. The van der Waals surface area contributed by atoms with Crippen molar-refractivity contribution >= 4 is 23.7 Å². The zero-order valence-corrected chi connectivity index (χ0v) is 57.0. The standard InChI is InChI=1S/C74H110O11/c1-66(2,3)51-35-46(36-52(62(51)79)67(4,5)6)25-29-50(75)33-34-74(43-83-59(76)30-26-47-37-53(68(7,8)9)63(80)54(38-47)69(10,11)12,44-84-60(77)31-27-48-39-55(70(13,14)15)64(81)56(40-48)71(16,17)18)45-85-61(78)32-28-49-41-57(72(19,20)21)65(82)58(42-49)73(22,23)24/h35-42,79-82H,25-34,43-45H2,1-24H3. The van der Waals surface area contributed by atoms with Crippen molar-refractivity contribution in [1.82, 2.24) is 0 Å². The van der Waals surface area contributed by atoms with E-state index in [1.165, 1.54) is 0 Å². The van der Waals surface area contributed by atoms with Gasteiger partial charge in [-0.25, -0.2) is 0 Å². The maximum Gasteiger partial charge on any atom is 0.306 e. The van der Waals surface area contributed by atoms with Gasteiger partial charge in [0.2, 0.25) is 0 Å². The van der Waals surface area contributed by atoms with E-state index in [1.807, 2.05) is 215 Å². The smallest absolute Gasteiger partial charge is 0.306 e. The molecule has 11 nitrogen and oxygen atoms in total. The molecule has 0 heterocycles. The van der Waals surface area contributed by atoms with E-state index in [-0.39, 0.29) is 130 Å². The van der Waals surface area contributed by atoms with Crippen LogP contribution in [0, 0.1) is 5.41 Å². The lowest BCUT2D eigenvalue weighted by molar-refractivity contribution is -0.162. The number of rotatable bonds is 21. The second-order valence-electron chi connectivity index (χ2n) is 32.7. The highest BCUT2D eigenvalue weighted by Gasteiger charge is 2.38. The fourth-order valence-corrected chi connectivity index (χ4v) is 10.7. The molecule has 0 fully saturated rings. The van der Waals surface area contributed by atoms with Gasteiger partial charge in [0.15, 0.2) is 0 Å². The first-order chi connectivity index (χ1) is 38.4. The highest BCUT2D eigenvalue weighted by Crippen LogP contribution is 2.44. The molecule has 4 aromatic carbocycles. The van der Waals surface area contributed by atoms with Crippen LogP contribution < -0.4 is 0 Å². The van der Waals surface area contributed by atoms with Gasteiger partial charge in [-0.05, 0) is 142 Å². The summed E-state index contributed by atoms with van der Waals surface area (Å²) in [6.45, 7) is 47.9. The van der Waals surface area contributed by atoms with Crippen molar-refractivity contribution in [2.24, 2.45) is 5.41 Å². The number of benzene rings is 4. The van der Waals surface area contributed by atoms with E-state index in [0.717, 1.165) is 66.8 Å². The third kappa shape index (κ3) is 20.1. The molecule has 0 aliphatic heterocycles. The van der Waals surface area contributed by atoms with Crippen molar-refractivity contribution < 1.29 is 53.8 Å². The van der Waals surface area contributed by atoms with Gasteiger partial charge in [0, 0.05) is 32.1 Å². The zero-order chi connectivity index (χ0) is 65.0. The first-order valence-corrected chi connectivity index (χ1v) is 30.9. The summed E-state index contributed by atoms with van der Waals surface area (Å²) in [5.41, 5.74) is 5.32. The van der Waals surface area contributed by atoms with Gasteiger partial charge in [0.1, 0.15) is 48.6 Å². The minimum absolute atomic E-state index is 0.0149. The van der Waals surface area contributed by atoms with Crippen LogP contribution in [0.5, 0.6) is 23.0 Å². The summed E-state index contributed by atoms with van der Waals surface area (Å²) >= 11 is 0. The number of phenols is 4. The molecule has 4 aromatic rings. The van der Waals surface area contributed by atoms with Crippen molar-refractivity contribution in [3.8, 4) is 23.0 Å². The SMILES string of the molecule is CC(C)(C)c1cc(CCC(=O)CCC(COC(=O)CCc2cc(C(C)(C)C)c(O)c(C(C)(C)C)c2)(COC(=O)CCc2cc(C(C)(C)C)c(O)c(C(C)(C)C)c2)COC(=O)CCc2cc(C(C)(C)C)c(O)c(C(C)(C)C)c2)cc(C(C)(C)C)c1O. The summed E-state index contributed by atoms with van der Waals surface area (Å²) in [5.74, 6) is -0.750. The van der Waals surface area contributed by atoms with Crippen LogP contribution in [0.25, 0.3) is 0 Å². The van der Waals surface area contributed by atoms with Gasteiger partial charge < -0.3 is 34.6 Å². The molecule has 85 heavy (non-hydrogen) atoms. The lowest BCUT2D eigenvalue weighted by Crippen LogP contribution is -2.40. The molecule has 472 valence electrons. The summed E-state index contributed by atoms with van der Waals surface area (Å²) < 4.78 is 18.5. The lowest BCUT2D eigenvalue weighted by Gasteiger charge is -2.32. The minimum Gasteiger partial charge on any atom is -0.507 e. The van der Waals surface area contributed by atoms with Crippen LogP contribution in [-0.4, -0.2) is 63.9 Å². The van der Waals surface area contributed by atoms with Crippen LogP contribution in [0.4, 0.5) is 0 Å². The number of ether oxygens (including phenoxy) is 3. The lowest BCUT2D eigenvalue weighted by atomic mass is 9.78. The average Bonchev–Trinajstić information content (AvgIpc) is 1.83. The Labute approximate surface area is 512 Å². The number of aryl methyl sites for hydroxylation is 4. The van der Waals surface area contributed by atoms with Crippen LogP contribution in [0.1, 0.15) is 271 Å². The quantitative estimate of drug-likeness (QED) is 0.0461. The highest BCUT2D eigenvalue weighted by atomic mass is 16.6. The van der Waals surface area contributed by atoms with Gasteiger partial charge in [-0.3, -0.25) is 19.2 Å². The summed E-state index contributed by atoms with van der Waals surface area (Å²) in [7, 11) is 0. The van der Waals surface area contributed by atoms with Gasteiger partial charge in [0.05, 0.1) is 5.41 Å². The Morgan fingerprint density at radius 3 is 0.647 bits per heavy atom.